The van der Waals surface area contributed by atoms with Gasteiger partial charge < -0.3 is 9.88 Å². The number of nitrogens with zero attached hydrogens (tertiary/aromatic N) is 3. The van der Waals surface area contributed by atoms with Crippen molar-refractivity contribution in [3.8, 4) is 12.1 Å². The average molecular weight is 250 g/mol. The van der Waals surface area contributed by atoms with Gasteiger partial charge in [-0.2, -0.15) is 10.5 Å². The molecule has 1 aromatic heterocycles. The molecule has 1 N–H and O–H groups in total. The SMILES string of the molecule is Cc1ccc(C#N)cc1NCc1cc(C#N)n(C)c1. The molecule has 0 saturated carbocycles. The molecule has 0 radical (unpaired) electrons. The van der Waals surface area contributed by atoms with Crippen molar-refractivity contribution in [3.63, 3.8) is 0 Å². The molecule has 2 rings (SSSR count). The average Bonchev–Trinajstić information content (AvgIpc) is 2.78. The Hall–Kier alpha value is -2.72. The summed E-state index contributed by atoms with van der Waals surface area (Å²) in [6, 6.07) is 11.7. The molecule has 1 heterocycles. The topological polar surface area (TPSA) is 64.5 Å². The minimum absolute atomic E-state index is 0.630. The van der Waals surface area contributed by atoms with Gasteiger partial charge in [0, 0.05) is 25.5 Å². The first-order chi connectivity index (χ1) is 9.13. The van der Waals surface area contributed by atoms with Gasteiger partial charge in [0.25, 0.3) is 0 Å². The van der Waals surface area contributed by atoms with E-state index in [4.69, 9.17) is 10.5 Å². The van der Waals surface area contributed by atoms with Gasteiger partial charge in [-0.15, -0.1) is 0 Å². The molecule has 0 saturated heterocycles. The van der Waals surface area contributed by atoms with Crippen LogP contribution in [0.4, 0.5) is 5.69 Å². The van der Waals surface area contributed by atoms with Gasteiger partial charge in [0.15, 0.2) is 0 Å². The summed E-state index contributed by atoms with van der Waals surface area (Å²) in [6.45, 7) is 2.63. The predicted molar refractivity (Wildman–Crippen MR) is 73.3 cm³/mol. The van der Waals surface area contributed by atoms with Crippen molar-refractivity contribution in [1.82, 2.24) is 4.57 Å². The molecule has 0 bridgehead atoms. The van der Waals surface area contributed by atoms with E-state index >= 15 is 0 Å². The van der Waals surface area contributed by atoms with E-state index in [0.717, 1.165) is 16.8 Å². The van der Waals surface area contributed by atoms with Crippen LogP contribution in [0.1, 0.15) is 22.4 Å². The fraction of sp³-hybridized carbons (Fsp3) is 0.200. The monoisotopic (exact) mass is 250 g/mol. The van der Waals surface area contributed by atoms with E-state index in [9.17, 15) is 0 Å². The molecular weight excluding hydrogens is 236 g/mol. The minimum atomic E-state index is 0.630. The Morgan fingerprint density at radius 2 is 2.00 bits per heavy atom. The summed E-state index contributed by atoms with van der Waals surface area (Å²) in [5.41, 5.74) is 4.36. The van der Waals surface area contributed by atoms with Crippen LogP contribution in [0.25, 0.3) is 0 Å². The summed E-state index contributed by atoms with van der Waals surface area (Å²) in [5.74, 6) is 0. The number of hydrogen-bond acceptors (Lipinski definition) is 3. The van der Waals surface area contributed by atoms with Gasteiger partial charge in [0.05, 0.1) is 11.6 Å². The minimum Gasteiger partial charge on any atom is -0.381 e. The van der Waals surface area contributed by atoms with Crippen molar-refractivity contribution in [1.29, 1.82) is 10.5 Å². The maximum atomic E-state index is 8.90. The highest BCUT2D eigenvalue weighted by atomic mass is 14.9. The van der Waals surface area contributed by atoms with Crippen molar-refractivity contribution < 1.29 is 0 Å². The Balaban J connectivity index is 2.14. The lowest BCUT2D eigenvalue weighted by atomic mass is 10.1. The Morgan fingerprint density at radius 3 is 2.63 bits per heavy atom. The molecule has 0 fully saturated rings. The molecule has 0 aliphatic carbocycles. The second kappa shape index (κ2) is 5.29. The van der Waals surface area contributed by atoms with Crippen molar-refractivity contribution in [2.75, 3.05) is 5.32 Å². The van der Waals surface area contributed by atoms with Crippen molar-refractivity contribution >= 4 is 5.69 Å². The van der Waals surface area contributed by atoms with Crippen LogP contribution in [0, 0.1) is 29.6 Å². The summed E-state index contributed by atoms with van der Waals surface area (Å²) in [7, 11) is 1.85. The van der Waals surface area contributed by atoms with E-state index < -0.39 is 0 Å². The van der Waals surface area contributed by atoms with E-state index in [1.165, 1.54) is 0 Å². The van der Waals surface area contributed by atoms with E-state index in [0.29, 0.717) is 17.8 Å². The lowest BCUT2D eigenvalue weighted by molar-refractivity contribution is 0.902. The second-order valence-electron chi connectivity index (χ2n) is 4.45. The molecule has 0 atom stereocenters. The second-order valence-corrected chi connectivity index (χ2v) is 4.45. The molecule has 0 unspecified atom stereocenters. The molecule has 94 valence electrons. The van der Waals surface area contributed by atoms with Gasteiger partial charge >= 0.3 is 0 Å². The standard InChI is InChI=1S/C15H14N4/c1-11-3-4-12(7-16)6-15(11)18-9-13-5-14(8-17)19(2)10-13/h3-6,10,18H,9H2,1-2H3. The normalized spacial score (nSPS) is 9.68. The highest BCUT2D eigenvalue weighted by Gasteiger charge is 2.04. The van der Waals surface area contributed by atoms with Crippen LogP contribution >= 0.6 is 0 Å². The first-order valence-corrected chi connectivity index (χ1v) is 5.94. The molecule has 0 aliphatic rings. The van der Waals surface area contributed by atoms with Gasteiger partial charge in [-0.1, -0.05) is 6.07 Å². The summed E-state index contributed by atoms with van der Waals surface area (Å²) in [6.07, 6.45) is 1.93. The van der Waals surface area contributed by atoms with Gasteiger partial charge in [0.1, 0.15) is 11.8 Å². The smallest absolute Gasteiger partial charge is 0.120 e. The fourth-order valence-electron chi connectivity index (χ4n) is 1.92. The van der Waals surface area contributed by atoms with Gasteiger partial charge in [-0.3, -0.25) is 0 Å². The molecule has 19 heavy (non-hydrogen) atoms. The van der Waals surface area contributed by atoms with Crippen LogP contribution in [-0.2, 0) is 13.6 Å². The largest absolute Gasteiger partial charge is 0.381 e. The maximum absolute atomic E-state index is 8.90. The fourth-order valence-corrected chi connectivity index (χ4v) is 1.92. The number of aromatic nitrogens is 1. The molecule has 4 heteroatoms. The molecule has 0 spiro atoms. The third kappa shape index (κ3) is 2.75. The Bertz CT molecular complexity index is 683. The molecule has 1 aromatic carbocycles. The molecule has 0 amide bonds. The number of nitrogens with one attached hydrogen (secondary N) is 1. The zero-order valence-corrected chi connectivity index (χ0v) is 10.9. The van der Waals surface area contributed by atoms with Gasteiger partial charge in [0.2, 0.25) is 0 Å². The third-order valence-electron chi connectivity index (χ3n) is 3.03. The van der Waals surface area contributed by atoms with Gasteiger partial charge in [-0.25, -0.2) is 0 Å². The van der Waals surface area contributed by atoms with E-state index in [2.05, 4.69) is 17.5 Å². The quantitative estimate of drug-likeness (QED) is 0.910. The highest BCUT2D eigenvalue weighted by molar-refractivity contribution is 5.55. The van der Waals surface area contributed by atoms with E-state index in [-0.39, 0.29) is 0 Å². The van der Waals surface area contributed by atoms with Crippen LogP contribution in [0.15, 0.2) is 30.5 Å². The summed E-state index contributed by atoms with van der Waals surface area (Å²) in [4.78, 5) is 0. The van der Waals surface area contributed by atoms with Gasteiger partial charge in [-0.05, 0) is 36.2 Å². The molecule has 2 aromatic rings. The van der Waals surface area contributed by atoms with Crippen LogP contribution in [-0.4, -0.2) is 4.57 Å². The van der Waals surface area contributed by atoms with Crippen molar-refractivity contribution in [2.24, 2.45) is 7.05 Å². The third-order valence-corrected chi connectivity index (χ3v) is 3.03. The van der Waals surface area contributed by atoms with Crippen molar-refractivity contribution in [2.45, 2.75) is 13.5 Å². The first kappa shape index (κ1) is 12.7. The zero-order chi connectivity index (χ0) is 13.8. The summed E-state index contributed by atoms with van der Waals surface area (Å²) >= 11 is 0. The van der Waals surface area contributed by atoms with Crippen molar-refractivity contribution in [3.05, 3.63) is 52.8 Å². The Labute approximate surface area is 112 Å². The van der Waals surface area contributed by atoms with Crippen LogP contribution in [0.5, 0.6) is 0 Å². The number of rotatable bonds is 3. The van der Waals surface area contributed by atoms with Crippen LogP contribution < -0.4 is 5.32 Å². The Morgan fingerprint density at radius 1 is 1.21 bits per heavy atom. The zero-order valence-electron chi connectivity index (χ0n) is 10.9. The lowest BCUT2D eigenvalue weighted by Crippen LogP contribution is -2.00. The molecule has 0 aliphatic heterocycles. The van der Waals surface area contributed by atoms with Crippen LogP contribution in [0.2, 0.25) is 0 Å². The maximum Gasteiger partial charge on any atom is 0.120 e. The number of anilines is 1. The summed E-state index contributed by atoms with van der Waals surface area (Å²) < 4.78 is 1.80. The highest BCUT2D eigenvalue weighted by Crippen LogP contribution is 2.18. The van der Waals surface area contributed by atoms with E-state index in [1.807, 2.05) is 38.4 Å². The first-order valence-electron chi connectivity index (χ1n) is 5.94. The van der Waals surface area contributed by atoms with Crippen LogP contribution in [0.3, 0.4) is 0 Å². The number of benzene rings is 1. The summed E-state index contributed by atoms with van der Waals surface area (Å²) in [5, 5.41) is 21.1. The predicted octanol–water partition coefficient (Wildman–Crippen LogP) is 2.69. The molecule has 4 nitrogen and oxygen atoms in total. The number of hydrogen-bond donors (Lipinski definition) is 1. The molecular formula is C15H14N4. The number of aryl methyl sites for hydroxylation is 2. The lowest BCUT2D eigenvalue weighted by Gasteiger charge is -2.08. The van der Waals surface area contributed by atoms with E-state index in [1.54, 1.807) is 10.6 Å². The Kier molecular flexibility index (Phi) is 3.54. The number of nitriles is 2.